The zero-order valence-electron chi connectivity index (χ0n) is 20.1. The number of amides is 2. The molecule has 0 saturated carbocycles. The van der Waals surface area contributed by atoms with Crippen molar-refractivity contribution in [2.45, 2.75) is 57.7 Å². The fourth-order valence-corrected chi connectivity index (χ4v) is 5.29. The normalized spacial score (nSPS) is 19.9. The fraction of sp³-hybridized carbons (Fsp3) is 0.385. The van der Waals surface area contributed by atoms with Crippen LogP contribution in [0.25, 0.3) is 17.2 Å². The number of rotatable bonds is 4. The summed E-state index contributed by atoms with van der Waals surface area (Å²) < 4.78 is 49.9. The molecule has 186 valence electrons. The summed E-state index contributed by atoms with van der Waals surface area (Å²) in [6.45, 7) is 8.55. The van der Waals surface area contributed by atoms with E-state index in [1.807, 2.05) is 12.1 Å². The second-order valence-corrected chi connectivity index (χ2v) is 11.0. The minimum Gasteiger partial charge on any atom is -0.496 e. The zero-order chi connectivity index (χ0) is 25.8. The highest BCUT2D eigenvalue weighted by molar-refractivity contribution is 8.18. The van der Waals surface area contributed by atoms with Crippen LogP contribution in [0.5, 0.6) is 11.5 Å². The summed E-state index contributed by atoms with van der Waals surface area (Å²) in [5, 5.41) is 1.67. The van der Waals surface area contributed by atoms with Gasteiger partial charge in [0.1, 0.15) is 11.5 Å². The number of nitrogens with one attached hydrogen (secondary N) is 1. The maximum Gasteiger partial charge on any atom is 0.573 e. The third kappa shape index (κ3) is 5.05. The van der Waals surface area contributed by atoms with Gasteiger partial charge < -0.3 is 9.47 Å². The summed E-state index contributed by atoms with van der Waals surface area (Å²) in [6.07, 6.45) is -1.54. The van der Waals surface area contributed by atoms with Crippen molar-refractivity contribution in [1.29, 1.82) is 0 Å². The molecule has 2 amide bonds. The highest BCUT2D eigenvalue weighted by Crippen LogP contribution is 2.50. The topological polar surface area (TPSA) is 64.6 Å². The number of methoxy groups -OCH3 is 1. The molecule has 0 atom stereocenters. The van der Waals surface area contributed by atoms with Gasteiger partial charge in [-0.15, -0.1) is 13.2 Å². The van der Waals surface area contributed by atoms with Crippen LogP contribution in [-0.2, 0) is 15.6 Å². The first-order valence-electron chi connectivity index (χ1n) is 11.1. The number of carbonyl (C=O) groups is 2. The number of ether oxygens (including phenoxy) is 2. The van der Waals surface area contributed by atoms with Crippen LogP contribution in [0.1, 0.15) is 57.2 Å². The summed E-state index contributed by atoms with van der Waals surface area (Å²) >= 11 is 0.736. The van der Waals surface area contributed by atoms with Gasteiger partial charge in [0.2, 0.25) is 0 Å². The molecule has 0 spiro atoms. The molecule has 0 unspecified atom stereocenters. The number of imide groups is 1. The number of thioether (sulfide) groups is 1. The molecule has 2 aromatic rings. The lowest BCUT2D eigenvalue weighted by molar-refractivity contribution is -0.274. The lowest BCUT2D eigenvalue weighted by Crippen LogP contribution is -2.33. The number of fused-ring (bicyclic) bond motifs is 1. The van der Waals surface area contributed by atoms with Gasteiger partial charge in [-0.05, 0) is 82.5 Å². The van der Waals surface area contributed by atoms with Gasteiger partial charge in [-0.1, -0.05) is 33.8 Å². The predicted octanol–water partition coefficient (Wildman–Crippen LogP) is 6.93. The van der Waals surface area contributed by atoms with Crippen LogP contribution >= 0.6 is 11.8 Å². The first kappa shape index (κ1) is 25.2. The minimum atomic E-state index is -4.90. The Morgan fingerprint density at radius 3 is 2.09 bits per heavy atom. The second-order valence-electron chi connectivity index (χ2n) is 10.0. The van der Waals surface area contributed by atoms with Gasteiger partial charge in [0.05, 0.1) is 12.0 Å². The molecule has 9 heteroatoms. The molecule has 0 bridgehead atoms. The smallest absolute Gasteiger partial charge is 0.496 e. The maximum atomic E-state index is 13.3. The van der Waals surface area contributed by atoms with Gasteiger partial charge >= 0.3 is 6.36 Å². The van der Waals surface area contributed by atoms with E-state index >= 15 is 0 Å². The van der Waals surface area contributed by atoms with E-state index in [2.05, 4.69) is 37.7 Å². The van der Waals surface area contributed by atoms with Crippen LogP contribution in [0.2, 0.25) is 0 Å². The van der Waals surface area contributed by atoms with Crippen molar-refractivity contribution in [2.24, 2.45) is 0 Å². The summed E-state index contributed by atoms with van der Waals surface area (Å²) in [5.74, 6) is -0.507. The van der Waals surface area contributed by atoms with Gasteiger partial charge in [0, 0.05) is 11.1 Å². The molecular weight excluding hydrogens is 479 g/mol. The average Bonchev–Trinajstić information content (AvgIpc) is 3.07. The molecular formula is C26H26F3NO4S. The van der Waals surface area contributed by atoms with Gasteiger partial charge in [0.25, 0.3) is 11.1 Å². The molecule has 0 aromatic heterocycles. The highest BCUT2D eigenvalue weighted by atomic mass is 32.2. The van der Waals surface area contributed by atoms with E-state index in [1.165, 1.54) is 31.4 Å². The van der Waals surface area contributed by atoms with Crippen LogP contribution in [0.4, 0.5) is 18.0 Å². The van der Waals surface area contributed by atoms with Crippen molar-refractivity contribution in [3.8, 4) is 22.6 Å². The van der Waals surface area contributed by atoms with Crippen molar-refractivity contribution in [2.75, 3.05) is 7.11 Å². The summed E-state index contributed by atoms with van der Waals surface area (Å²) in [6, 6.07) is 7.93. The van der Waals surface area contributed by atoms with Crippen LogP contribution in [0.3, 0.4) is 0 Å². The van der Waals surface area contributed by atoms with E-state index in [4.69, 9.17) is 4.74 Å². The Morgan fingerprint density at radius 2 is 1.54 bits per heavy atom. The minimum absolute atomic E-state index is 0.117. The Hall–Kier alpha value is -2.94. The van der Waals surface area contributed by atoms with Crippen molar-refractivity contribution in [1.82, 2.24) is 5.32 Å². The Labute approximate surface area is 206 Å². The highest BCUT2D eigenvalue weighted by Gasteiger charge is 2.39. The lowest BCUT2D eigenvalue weighted by atomic mass is 9.62. The molecule has 1 saturated heterocycles. The molecule has 2 aliphatic rings. The third-order valence-electron chi connectivity index (χ3n) is 6.63. The first-order valence-corrected chi connectivity index (χ1v) is 11.9. The lowest BCUT2D eigenvalue weighted by Gasteiger charge is -2.42. The zero-order valence-corrected chi connectivity index (χ0v) is 20.9. The standard InChI is InChI=1S/C26H26F3NO4S/c1-24(2)8-9-25(3,4)18-13-20(33-5)16(12-17(18)24)15-10-14(6-7-19(15)34-26(27,28)29)11-21-22(31)30-23(32)35-21/h6-7,10-13H,8-9H2,1-5H3,(H,30,31,32)/b21-11-. The molecule has 0 radical (unpaired) electrons. The van der Waals surface area contributed by atoms with Crippen molar-refractivity contribution in [3.63, 3.8) is 0 Å². The van der Waals surface area contributed by atoms with Crippen LogP contribution in [0, 0.1) is 0 Å². The van der Waals surface area contributed by atoms with Gasteiger partial charge in [0.15, 0.2) is 0 Å². The van der Waals surface area contributed by atoms with Crippen molar-refractivity contribution >= 4 is 29.0 Å². The van der Waals surface area contributed by atoms with E-state index in [-0.39, 0.29) is 27.0 Å². The third-order valence-corrected chi connectivity index (χ3v) is 7.44. The Bertz CT molecular complexity index is 1250. The summed E-state index contributed by atoms with van der Waals surface area (Å²) in [7, 11) is 1.48. The van der Waals surface area contributed by atoms with Crippen molar-refractivity contribution in [3.05, 3.63) is 51.9 Å². The van der Waals surface area contributed by atoms with E-state index in [9.17, 15) is 22.8 Å². The monoisotopic (exact) mass is 505 g/mol. The average molecular weight is 506 g/mol. The van der Waals surface area contributed by atoms with Gasteiger partial charge in [-0.3, -0.25) is 14.9 Å². The molecule has 35 heavy (non-hydrogen) atoms. The molecule has 1 heterocycles. The predicted molar refractivity (Wildman–Crippen MR) is 130 cm³/mol. The number of hydrogen-bond acceptors (Lipinski definition) is 5. The van der Waals surface area contributed by atoms with E-state index in [1.54, 1.807) is 0 Å². The number of halogens is 3. The summed E-state index contributed by atoms with van der Waals surface area (Å²) in [4.78, 5) is 23.7. The summed E-state index contributed by atoms with van der Waals surface area (Å²) in [5.41, 5.74) is 2.91. The number of alkyl halides is 3. The second kappa shape index (κ2) is 8.62. The van der Waals surface area contributed by atoms with E-state index in [0.29, 0.717) is 16.9 Å². The van der Waals surface area contributed by atoms with Crippen LogP contribution in [-0.4, -0.2) is 24.6 Å². The van der Waals surface area contributed by atoms with Gasteiger partial charge in [-0.25, -0.2) is 0 Å². The molecule has 1 N–H and O–H groups in total. The number of hydrogen-bond donors (Lipinski definition) is 1. The van der Waals surface area contributed by atoms with Crippen molar-refractivity contribution < 1.29 is 32.2 Å². The Kier molecular flexibility index (Phi) is 6.20. The first-order chi connectivity index (χ1) is 16.2. The van der Waals surface area contributed by atoms with E-state index in [0.717, 1.165) is 35.7 Å². The number of benzene rings is 2. The largest absolute Gasteiger partial charge is 0.573 e. The van der Waals surface area contributed by atoms with Crippen LogP contribution < -0.4 is 14.8 Å². The maximum absolute atomic E-state index is 13.3. The Morgan fingerprint density at radius 1 is 0.943 bits per heavy atom. The molecule has 1 fully saturated rings. The fourth-order valence-electron chi connectivity index (χ4n) is 4.61. The Balaban J connectivity index is 1.94. The van der Waals surface area contributed by atoms with E-state index < -0.39 is 17.5 Å². The molecule has 1 aliphatic heterocycles. The molecule has 1 aliphatic carbocycles. The van der Waals surface area contributed by atoms with Crippen LogP contribution in [0.15, 0.2) is 35.2 Å². The SMILES string of the molecule is COc1cc2c(cc1-c1cc(/C=C3\SC(=O)NC3=O)ccc1OC(F)(F)F)C(C)(C)CCC2(C)C. The van der Waals surface area contributed by atoms with Gasteiger partial charge in [-0.2, -0.15) is 0 Å². The molecule has 5 nitrogen and oxygen atoms in total. The quantitative estimate of drug-likeness (QED) is 0.457. The number of carbonyl (C=O) groups excluding carboxylic acids is 2. The molecule has 4 rings (SSSR count). The molecule has 2 aromatic carbocycles.